The third-order valence-corrected chi connectivity index (χ3v) is 2.99. The first-order valence-electron chi connectivity index (χ1n) is 4.34. The molecule has 2 nitrogen and oxygen atoms in total. The third kappa shape index (κ3) is 2.17. The van der Waals surface area contributed by atoms with Gasteiger partial charge in [-0.05, 0) is 19.6 Å². The maximum atomic E-state index is 12.6. The minimum atomic E-state index is -4.43. The molecule has 1 fully saturated rings. The van der Waals surface area contributed by atoms with Crippen molar-refractivity contribution < 1.29 is 22.4 Å². The highest BCUT2D eigenvalue weighted by atomic mass is 28.4. The first-order chi connectivity index (χ1) is 6.06. The second-order valence-corrected chi connectivity index (χ2v) is 9.03. The summed E-state index contributed by atoms with van der Waals surface area (Å²) < 4.78 is 42.9. The van der Waals surface area contributed by atoms with Gasteiger partial charge in [0.2, 0.25) is 0 Å². The molecule has 0 amide bonds. The molecule has 0 atom stereocenters. The number of carbonyl (C=O) groups is 1. The van der Waals surface area contributed by atoms with Crippen LogP contribution in [0.5, 0.6) is 0 Å². The van der Waals surface area contributed by atoms with E-state index >= 15 is 0 Å². The molecule has 1 aliphatic carbocycles. The zero-order valence-electron chi connectivity index (χ0n) is 8.36. The van der Waals surface area contributed by atoms with Crippen LogP contribution in [0.15, 0.2) is 0 Å². The lowest BCUT2D eigenvalue weighted by Crippen LogP contribution is -2.61. The Kier molecular flexibility index (Phi) is 2.56. The summed E-state index contributed by atoms with van der Waals surface area (Å²) in [6, 6.07) is 0. The normalized spacial score (nSPS) is 22.0. The smallest absolute Gasteiger partial charge is 0.403 e. The van der Waals surface area contributed by atoms with E-state index in [1.807, 2.05) is 0 Å². The topological polar surface area (TPSA) is 26.3 Å². The Labute approximate surface area is 81.6 Å². The standard InChI is InChI=1S/C8H13F3O2Si/c1-14(2,3)13-7(8(9,10)11)4-6(12)5-7/h4-5H2,1-3H3. The van der Waals surface area contributed by atoms with E-state index in [0.29, 0.717) is 0 Å². The van der Waals surface area contributed by atoms with Crippen molar-refractivity contribution in [2.75, 3.05) is 0 Å². The Balaban J connectivity index is 2.81. The molecule has 0 aromatic rings. The molecule has 0 unspecified atom stereocenters. The fraction of sp³-hybridized carbons (Fsp3) is 0.875. The monoisotopic (exact) mass is 226 g/mol. The highest BCUT2D eigenvalue weighted by Gasteiger charge is 2.64. The summed E-state index contributed by atoms with van der Waals surface area (Å²) in [7, 11) is -2.27. The van der Waals surface area contributed by atoms with Crippen molar-refractivity contribution in [3.05, 3.63) is 0 Å². The van der Waals surface area contributed by atoms with Crippen LogP contribution in [0.25, 0.3) is 0 Å². The number of carbonyl (C=O) groups excluding carboxylic acids is 1. The molecule has 0 saturated heterocycles. The van der Waals surface area contributed by atoms with E-state index in [2.05, 4.69) is 0 Å². The number of hydrogen-bond donors (Lipinski definition) is 0. The third-order valence-electron chi connectivity index (χ3n) is 1.98. The maximum absolute atomic E-state index is 12.6. The number of Topliss-reactive ketones (excluding diaryl/α,β-unsaturated/α-hetero) is 1. The van der Waals surface area contributed by atoms with Gasteiger partial charge in [0.05, 0.1) is 0 Å². The van der Waals surface area contributed by atoms with Crippen LogP contribution in [0.1, 0.15) is 12.8 Å². The van der Waals surface area contributed by atoms with Crippen LogP contribution in [0.3, 0.4) is 0 Å². The Morgan fingerprint density at radius 1 is 1.29 bits per heavy atom. The van der Waals surface area contributed by atoms with Gasteiger partial charge in [-0.25, -0.2) is 0 Å². The molecule has 0 bridgehead atoms. The molecule has 0 aliphatic heterocycles. The average Bonchev–Trinajstić information content (AvgIpc) is 1.76. The summed E-state index contributed by atoms with van der Waals surface area (Å²) in [6.45, 7) is 5.05. The molecular weight excluding hydrogens is 213 g/mol. The molecule has 0 radical (unpaired) electrons. The van der Waals surface area contributed by atoms with E-state index < -0.39 is 32.9 Å². The molecule has 1 rings (SSSR count). The molecule has 82 valence electrons. The maximum Gasteiger partial charge on any atom is 0.417 e. The Bertz CT molecular complexity index is 246. The van der Waals surface area contributed by atoms with Gasteiger partial charge in [0, 0.05) is 12.8 Å². The first kappa shape index (κ1) is 11.7. The highest BCUT2D eigenvalue weighted by Crippen LogP contribution is 2.47. The number of ketones is 1. The van der Waals surface area contributed by atoms with Gasteiger partial charge in [-0.3, -0.25) is 4.79 Å². The van der Waals surface area contributed by atoms with E-state index in [1.54, 1.807) is 19.6 Å². The summed E-state index contributed by atoms with van der Waals surface area (Å²) in [4.78, 5) is 10.7. The molecule has 0 aromatic carbocycles. The van der Waals surface area contributed by atoms with Gasteiger partial charge < -0.3 is 4.43 Å². The second kappa shape index (κ2) is 3.06. The van der Waals surface area contributed by atoms with Crippen LogP contribution in [0.2, 0.25) is 19.6 Å². The van der Waals surface area contributed by atoms with Crippen LogP contribution < -0.4 is 0 Å². The molecule has 1 saturated carbocycles. The van der Waals surface area contributed by atoms with E-state index in [0.717, 1.165) is 0 Å². The lowest BCUT2D eigenvalue weighted by molar-refractivity contribution is -0.268. The molecule has 0 N–H and O–H groups in total. The summed E-state index contributed by atoms with van der Waals surface area (Å²) in [5, 5.41) is 0. The van der Waals surface area contributed by atoms with Gasteiger partial charge in [0.1, 0.15) is 5.78 Å². The molecule has 0 spiro atoms. The molecule has 6 heteroatoms. The van der Waals surface area contributed by atoms with Gasteiger partial charge in [0.25, 0.3) is 0 Å². The van der Waals surface area contributed by atoms with Gasteiger partial charge in [-0.15, -0.1) is 0 Å². The summed E-state index contributed by atoms with van der Waals surface area (Å²) in [5.41, 5.74) is -2.17. The van der Waals surface area contributed by atoms with Crippen molar-refractivity contribution in [2.24, 2.45) is 0 Å². The number of rotatable bonds is 2. The van der Waals surface area contributed by atoms with Crippen LogP contribution in [-0.4, -0.2) is 25.9 Å². The predicted octanol–water partition coefficient (Wildman–Crippen LogP) is 2.50. The largest absolute Gasteiger partial charge is 0.417 e. The summed E-state index contributed by atoms with van der Waals surface area (Å²) >= 11 is 0. The number of alkyl halides is 3. The van der Waals surface area contributed by atoms with Gasteiger partial charge in [-0.2, -0.15) is 13.2 Å². The number of hydrogen-bond acceptors (Lipinski definition) is 2. The van der Waals surface area contributed by atoms with Gasteiger partial charge >= 0.3 is 6.18 Å². The van der Waals surface area contributed by atoms with Crippen molar-refractivity contribution in [3.8, 4) is 0 Å². The van der Waals surface area contributed by atoms with Crippen molar-refractivity contribution >= 4 is 14.1 Å². The van der Waals surface area contributed by atoms with E-state index in [9.17, 15) is 18.0 Å². The van der Waals surface area contributed by atoms with Crippen LogP contribution in [-0.2, 0) is 9.22 Å². The molecular formula is C8H13F3O2Si. The lowest BCUT2D eigenvalue weighted by Gasteiger charge is -2.45. The summed E-state index contributed by atoms with van der Waals surface area (Å²) in [6.07, 6.45) is -5.46. The fourth-order valence-corrected chi connectivity index (χ4v) is 2.93. The Morgan fingerprint density at radius 3 is 1.93 bits per heavy atom. The van der Waals surface area contributed by atoms with Gasteiger partial charge in [0.15, 0.2) is 13.9 Å². The van der Waals surface area contributed by atoms with Gasteiger partial charge in [-0.1, -0.05) is 0 Å². The highest BCUT2D eigenvalue weighted by molar-refractivity contribution is 6.69. The van der Waals surface area contributed by atoms with Crippen LogP contribution >= 0.6 is 0 Å². The first-order valence-corrected chi connectivity index (χ1v) is 7.75. The average molecular weight is 226 g/mol. The number of halogens is 3. The Hall–Kier alpha value is -0.363. The van der Waals surface area contributed by atoms with Crippen LogP contribution in [0, 0.1) is 0 Å². The minimum absolute atomic E-state index is 0.374. The minimum Gasteiger partial charge on any atom is -0.403 e. The summed E-state index contributed by atoms with van der Waals surface area (Å²) in [5.74, 6) is -0.374. The fourth-order valence-electron chi connectivity index (χ4n) is 1.50. The predicted molar refractivity (Wildman–Crippen MR) is 47.5 cm³/mol. The zero-order valence-corrected chi connectivity index (χ0v) is 9.36. The van der Waals surface area contributed by atoms with E-state index in [4.69, 9.17) is 4.43 Å². The van der Waals surface area contributed by atoms with E-state index in [1.165, 1.54) is 0 Å². The quantitative estimate of drug-likeness (QED) is 0.676. The van der Waals surface area contributed by atoms with Crippen molar-refractivity contribution in [1.82, 2.24) is 0 Å². The molecule has 1 aliphatic rings. The van der Waals surface area contributed by atoms with Crippen LogP contribution in [0.4, 0.5) is 13.2 Å². The Morgan fingerprint density at radius 2 is 1.71 bits per heavy atom. The molecule has 0 aromatic heterocycles. The second-order valence-electron chi connectivity index (χ2n) is 4.60. The lowest BCUT2D eigenvalue weighted by atomic mass is 9.78. The molecule has 14 heavy (non-hydrogen) atoms. The van der Waals surface area contributed by atoms with Crippen molar-refractivity contribution in [2.45, 2.75) is 44.3 Å². The van der Waals surface area contributed by atoms with Crippen molar-refractivity contribution in [1.29, 1.82) is 0 Å². The van der Waals surface area contributed by atoms with Crippen molar-refractivity contribution in [3.63, 3.8) is 0 Å². The zero-order chi connectivity index (χ0) is 11.2. The SMILES string of the molecule is C[Si](C)(C)OC1(C(F)(F)F)CC(=O)C1. The van der Waals surface area contributed by atoms with E-state index in [-0.39, 0.29) is 5.78 Å². The molecule has 0 heterocycles.